The van der Waals surface area contributed by atoms with Crippen LogP contribution >= 0.6 is 11.6 Å². The van der Waals surface area contributed by atoms with Crippen molar-refractivity contribution in [3.8, 4) is 11.4 Å². The SMILES string of the molecule is COc1ccc(-n2nc(C(F)(F)F)c([N+](=O)[O-])c2Cl)cc1. The predicted molar refractivity (Wildman–Crippen MR) is 66.8 cm³/mol. The highest BCUT2D eigenvalue weighted by atomic mass is 35.5. The van der Waals surface area contributed by atoms with Crippen LogP contribution in [0.5, 0.6) is 5.75 Å². The molecule has 0 aliphatic carbocycles. The van der Waals surface area contributed by atoms with Crippen molar-refractivity contribution in [2.75, 3.05) is 7.11 Å². The molecule has 0 radical (unpaired) electrons. The number of hydrogen-bond acceptors (Lipinski definition) is 4. The molecule has 0 aliphatic rings. The van der Waals surface area contributed by atoms with Gasteiger partial charge in [-0.05, 0) is 24.3 Å². The maximum absolute atomic E-state index is 12.8. The molecule has 0 unspecified atom stereocenters. The van der Waals surface area contributed by atoms with Gasteiger partial charge in [0.25, 0.3) is 0 Å². The Bertz CT molecular complexity index is 683. The average molecular weight is 322 g/mol. The number of alkyl halides is 3. The van der Waals surface area contributed by atoms with Gasteiger partial charge < -0.3 is 4.74 Å². The lowest BCUT2D eigenvalue weighted by Gasteiger charge is -2.04. The van der Waals surface area contributed by atoms with Gasteiger partial charge in [0.1, 0.15) is 5.75 Å². The van der Waals surface area contributed by atoms with Gasteiger partial charge in [0.2, 0.25) is 10.8 Å². The van der Waals surface area contributed by atoms with E-state index in [1.807, 2.05) is 0 Å². The molecule has 0 amide bonds. The number of halogens is 4. The van der Waals surface area contributed by atoms with Crippen LogP contribution in [0.2, 0.25) is 5.15 Å². The Labute approximate surface area is 120 Å². The van der Waals surface area contributed by atoms with Crippen molar-refractivity contribution in [1.29, 1.82) is 0 Å². The first-order valence-electron chi connectivity index (χ1n) is 5.40. The maximum Gasteiger partial charge on any atom is 0.442 e. The molecule has 6 nitrogen and oxygen atoms in total. The summed E-state index contributed by atoms with van der Waals surface area (Å²) in [6.07, 6.45) is -4.98. The Morgan fingerprint density at radius 1 is 1.33 bits per heavy atom. The van der Waals surface area contributed by atoms with Gasteiger partial charge >= 0.3 is 11.9 Å². The molecule has 2 rings (SSSR count). The summed E-state index contributed by atoms with van der Waals surface area (Å²) >= 11 is 5.67. The van der Waals surface area contributed by atoms with E-state index in [4.69, 9.17) is 16.3 Å². The van der Waals surface area contributed by atoms with Crippen molar-refractivity contribution in [3.05, 3.63) is 45.2 Å². The normalized spacial score (nSPS) is 11.5. The minimum atomic E-state index is -4.98. The highest BCUT2D eigenvalue weighted by Crippen LogP contribution is 2.40. The molecular formula is C11H7ClF3N3O3. The van der Waals surface area contributed by atoms with E-state index in [1.54, 1.807) is 0 Å². The lowest BCUT2D eigenvalue weighted by molar-refractivity contribution is -0.388. The van der Waals surface area contributed by atoms with E-state index in [-0.39, 0.29) is 5.69 Å². The molecule has 0 aliphatic heterocycles. The molecule has 2 aromatic rings. The van der Waals surface area contributed by atoms with Crippen LogP contribution in [0.15, 0.2) is 24.3 Å². The second-order valence-electron chi connectivity index (χ2n) is 3.85. The van der Waals surface area contributed by atoms with E-state index in [0.29, 0.717) is 10.4 Å². The second kappa shape index (κ2) is 5.24. The first-order valence-corrected chi connectivity index (χ1v) is 5.78. The summed E-state index contributed by atoms with van der Waals surface area (Å²) in [4.78, 5) is 9.57. The zero-order valence-electron chi connectivity index (χ0n) is 10.4. The van der Waals surface area contributed by atoms with Crippen molar-refractivity contribution in [1.82, 2.24) is 9.78 Å². The van der Waals surface area contributed by atoms with E-state index >= 15 is 0 Å². The van der Waals surface area contributed by atoms with Gasteiger partial charge in [-0.1, -0.05) is 11.6 Å². The minimum absolute atomic E-state index is 0.138. The monoisotopic (exact) mass is 321 g/mol. The number of methoxy groups -OCH3 is 1. The summed E-state index contributed by atoms with van der Waals surface area (Å²) in [5.74, 6) is 0.465. The lowest BCUT2D eigenvalue weighted by atomic mass is 10.3. The van der Waals surface area contributed by atoms with Crippen molar-refractivity contribution >= 4 is 17.3 Å². The second-order valence-corrected chi connectivity index (χ2v) is 4.21. The molecular weight excluding hydrogens is 315 g/mol. The summed E-state index contributed by atoms with van der Waals surface area (Å²) in [6, 6.07) is 5.68. The molecule has 21 heavy (non-hydrogen) atoms. The number of nitro groups is 1. The highest BCUT2D eigenvalue weighted by molar-refractivity contribution is 6.32. The number of nitrogens with zero attached hydrogens (tertiary/aromatic N) is 3. The Morgan fingerprint density at radius 3 is 2.29 bits per heavy atom. The Kier molecular flexibility index (Phi) is 3.77. The largest absolute Gasteiger partial charge is 0.497 e. The van der Waals surface area contributed by atoms with Crippen LogP contribution in [0.25, 0.3) is 5.69 Å². The number of rotatable bonds is 3. The molecule has 0 N–H and O–H groups in total. The van der Waals surface area contributed by atoms with Gasteiger partial charge in [-0.15, -0.1) is 0 Å². The van der Waals surface area contributed by atoms with Gasteiger partial charge in [0.15, 0.2) is 0 Å². The molecule has 0 fully saturated rings. The quantitative estimate of drug-likeness (QED) is 0.641. The summed E-state index contributed by atoms with van der Waals surface area (Å²) in [6.45, 7) is 0. The number of aromatic nitrogens is 2. The fourth-order valence-electron chi connectivity index (χ4n) is 1.64. The predicted octanol–water partition coefficient (Wildman–Crippen LogP) is 3.46. The molecule has 0 bridgehead atoms. The van der Waals surface area contributed by atoms with Gasteiger partial charge in [0.05, 0.1) is 17.7 Å². The van der Waals surface area contributed by atoms with Crippen molar-refractivity contribution < 1.29 is 22.8 Å². The van der Waals surface area contributed by atoms with Crippen LogP contribution < -0.4 is 4.74 Å². The van der Waals surface area contributed by atoms with Gasteiger partial charge in [-0.3, -0.25) is 10.1 Å². The van der Waals surface area contributed by atoms with Crippen molar-refractivity contribution in [3.63, 3.8) is 0 Å². The molecule has 0 saturated heterocycles. The zero-order valence-corrected chi connectivity index (χ0v) is 11.1. The third-order valence-corrected chi connectivity index (χ3v) is 2.91. The average Bonchev–Trinajstić information content (AvgIpc) is 2.76. The van der Waals surface area contributed by atoms with Crippen LogP contribution in [0.3, 0.4) is 0 Å². The maximum atomic E-state index is 12.8. The molecule has 1 aromatic carbocycles. The Balaban J connectivity index is 2.62. The van der Waals surface area contributed by atoms with Gasteiger partial charge in [-0.2, -0.15) is 18.3 Å². The van der Waals surface area contributed by atoms with E-state index in [9.17, 15) is 23.3 Å². The Morgan fingerprint density at radius 2 is 1.90 bits per heavy atom. The zero-order chi connectivity index (χ0) is 15.8. The smallest absolute Gasteiger partial charge is 0.442 e. The lowest BCUT2D eigenvalue weighted by Crippen LogP contribution is -2.09. The van der Waals surface area contributed by atoms with Crippen molar-refractivity contribution in [2.45, 2.75) is 6.18 Å². The summed E-state index contributed by atoms with van der Waals surface area (Å²) < 4.78 is 43.9. The number of ether oxygens (including phenoxy) is 1. The van der Waals surface area contributed by atoms with Crippen LogP contribution in [0, 0.1) is 10.1 Å². The van der Waals surface area contributed by atoms with E-state index in [2.05, 4.69) is 5.10 Å². The summed E-state index contributed by atoms with van der Waals surface area (Å²) in [5, 5.41) is 13.3. The third-order valence-electron chi connectivity index (χ3n) is 2.57. The number of hydrogen-bond donors (Lipinski definition) is 0. The number of benzene rings is 1. The fourth-order valence-corrected chi connectivity index (χ4v) is 1.93. The van der Waals surface area contributed by atoms with Gasteiger partial charge in [0, 0.05) is 0 Å². The standard InChI is InChI=1S/C11H7ClF3N3O3/c1-21-7-4-2-6(3-5-7)17-10(12)8(18(19)20)9(16-17)11(13,14)15/h2-5H,1H3. The molecule has 0 saturated carbocycles. The fraction of sp³-hybridized carbons (Fsp3) is 0.182. The molecule has 10 heteroatoms. The minimum Gasteiger partial charge on any atom is -0.497 e. The Hall–Kier alpha value is -2.29. The molecule has 0 atom stereocenters. The van der Waals surface area contributed by atoms with E-state index in [0.717, 1.165) is 0 Å². The third kappa shape index (κ3) is 2.77. The van der Waals surface area contributed by atoms with E-state index < -0.39 is 27.6 Å². The van der Waals surface area contributed by atoms with E-state index in [1.165, 1.54) is 31.4 Å². The van der Waals surface area contributed by atoms with Gasteiger partial charge in [-0.25, -0.2) is 4.68 Å². The van der Waals surface area contributed by atoms with Crippen LogP contribution in [-0.2, 0) is 6.18 Å². The van der Waals surface area contributed by atoms with Crippen LogP contribution in [0.1, 0.15) is 5.69 Å². The topological polar surface area (TPSA) is 70.2 Å². The first-order chi connectivity index (χ1) is 9.75. The van der Waals surface area contributed by atoms with Crippen LogP contribution in [-0.4, -0.2) is 21.8 Å². The first kappa shape index (κ1) is 15.1. The summed E-state index contributed by atoms with van der Waals surface area (Å²) in [5.41, 5.74) is -2.78. The van der Waals surface area contributed by atoms with Crippen LogP contribution in [0.4, 0.5) is 18.9 Å². The van der Waals surface area contributed by atoms with Crippen molar-refractivity contribution in [2.24, 2.45) is 0 Å². The summed E-state index contributed by atoms with van der Waals surface area (Å²) in [7, 11) is 1.42. The molecule has 0 spiro atoms. The highest BCUT2D eigenvalue weighted by Gasteiger charge is 2.45. The molecule has 1 heterocycles. The molecule has 1 aromatic heterocycles. The molecule has 112 valence electrons.